The van der Waals surface area contributed by atoms with Crippen molar-refractivity contribution in [3.63, 3.8) is 0 Å². The van der Waals surface area contributed by atoms with Crippen LogP contribution in [0.3, 0.4) is 0 Å². The molecule has 1 aromatic carbocycles. The second kappa shape index (κ2) is 6.98. The van der Waals surface area contributed by atoms with Crippen LogP contribution in [-0.4, -0.2) is 32.1 Å². The van der Waals surface area contributed by atoms with Crippen LogP contribution in [0.5, 0.6) is 0 Å². The van der Waals surface area contributed by atoms with Crippen molar-refractivity contribution in [2.75, 3.05) is 11.4 Å². The van der Waals surface area contributed by atoms with Crippen molar-refractivity contribution in [2.24, 2.45) is 5.73 Å². The van der Waals surface area contributed by atoms with Crippen molar-refractivity contribution < 1.29 is 9.72 Å². The number of nitrogens with two attached hydrogens (primary N) is 1. The molecular formula is C18H22N6O3. The average Bonchev–Trinajstić information content (AvgIpc) is 3.21. The van der Waals surface area contributed by atoms with Crippen molar-refractivity contribution in [3.8, 4) is 0 Å². The number of fused-ring (bicyclic) bond motifs is 1. The van der Waals surface area contributed by atoms with Crippen molar-refractivity contribution in [1.82, 2.24) is 14.8 Å². The molecule has 0 bridgehead atoms. The van der Waals surface area contributed by atoms with E-state index in [-0.39, 0.29) is 17.3 Å². The summed E-state index contributed by atoms with van der Waals surface area (Å²) in [5.41, 5.74) is 5.82. The predicted molar refractivity (Wildman–Crippen MR) is 98.5 cm³/mol. The van der Waals surface area contributed by atoms with E-state index in [9.17, 15) is 14.9 Å². The summed E-state index contributed by atoms with van der Waals surface area (Å²) in [5.74, 6) is 1.22. The van der Waals surface area contributed by atoms with Crippen LogP contribution in [0.2, 0.25) is 0 Å². The lowest BCUT2D eigenvalue weighted by molar-refractivity contribution is -0.384. The SMILES string of the molecule is NC(=O)c1ccc(N2CCCC2c2nnc3n2CCCCC3)c([N+](=O)[O-])c1. The van der Waals surface area contributed by atoms with Crippen molar-refractivity contribution in [3.05, 3.63) is 45.5 Å². The van der Waals surface area contributed by atoms with Crippen LogP contribution in [0.15, 0.2) is 18.2 Å². The number of anilines is 1. The molecule has 9 heteroatoms. The zero-order valence-corrected chi connectivity index (χ0v) is 15.0. The van der Waals surface area contributed by atoms with E-state index >= 15 is 0 Å². The Balaban J connectivity index is 1.73. The molecule has 2 aliphatic heterocycles. The van der Waals surface area contributed by atoms with Crippen LogP contribution >= 0.6 is 0 Å². The molecule has 1 amide bonds. The Bertz CT molecular complexity index is 893. The number of aryl methyl sites for hydroxylation is 1. The molecule has 9 nitrogen and oxygen atoms in total. The maximum absolute atomic E-state index is 11.6. The number of hydrogen-bond donors (Lipinski definition) is 1. The molecule has 1 fully saturated rings. The topological polar surface area (TPSA) is 120 Å². The summed E-state index contributed by atoms with van der Waals surface area (Å²) in [6, 6.07) is 4.38. The van der Waals surface area contributed by atoms with Gasteiger partial charge in [0.2, 0.25) is 5.91 Å². The van der Waals surface area contributed by atoms with E-state index in [2.05, 4.69) is 14.8 Å². The molecule has 1 atom stereocenters. The molecule has 0 spiro atoms. The normalized spacial score (nSPS) is 19.6. The van der Waals surface area contributed by atoms with Crippen LogP contribution in [0.1, 0.15) is 60.2 Å². The van der Waals surface area contributed by atoms with Gasteiger partial charge in [0.05, 0.1) is 11.0 Å². The first-order chi connectivity index (χ1) is 13.1. The van der Waals surface area contributed by atoms with Gasteiger partial charge in [-0.15, -0.1) is 10.2 Å². The van der Waals surface area contributed by atoms with E-state index in [0.29, 0.717) is 12.2 Å². The lowest BCUT2D eigenvalue weighted by Gasteiger charge is -2.26. The fraction of sp³-hybridized carbons (Fsp3) is 0.500. The number of primary amides is 1. The number of hydrogen-bond acceptors (Lipinski definition) is 6. The molecule has 0 radical (unpaired) electrons. The molecule has 3 heterocycles. The van der Waals surface area contributed by atoms with E-state index in [1.54, 1.807) is 12.1 Å². The van der Waals surface area contributed by atoms with Crippen LogP contribution in [0.25, 0.3) is 0 Å². The number of nitrogens with zero attached hydrogens (tertiary/aromatic N) is 5. The highest BCUT2D eigenvalue weighted by Crippen LogP contribution is 2.40. The molecule has 1 aromatic heterocycles. The lowest BCUT2D eigenvalue weighted by Crippen LogP contribution is -2.26. The Hall–Kier alpha value is -2.97. The number of aromatic nitrogens is 3. The summed E-state index contributed by atoms with van der Waals surface area (Å²) in [7, 11) is 0. The first-order valence-electron chi connectivity index (χ1n) is 9.33. The number of benzene rings is 1. The summed E-state index contributed by atoms with van der Waals surface area (Å²) in [6.07, 6.45) is 6.10. The first kappa shape index (κ1) is 17.4. The lowest BCUT2D eigenvalue weighted by atomic mass is 10.1. The van der Waals surface area contributed by atoms with Gasteiger partial charge in [0.15, 0.2) is 5.82 Å². The highest BCUT2D eigenvalue weighted by atomic mass is 16.6. The zero-order valence-electron chi connectivity index (χ0n) is 15.0. The first-order valence-corrected chi connectivity index (χ1v) is 9.33. The summed E-state index contributed by atoms with van der Waals surface area (Å²) in [6.45, 7) is 1.59. The third-order valence-corrected chi connectivity index (χ3v) is 5.46. The average molecular weight is 370 g/mol. The van der Waals surface area contributed by atoms with E-state index in [1.165, 1.54) is 12.5 Å². The van der Waals surface area contributed by atoms with Crippen LogP contribution in [0, 0.1) is 10.1 Å². The minimum absolute atomic E-state index is 0.0533. The highest BCUT2D eigenvalue weighted by Gasteiger charge is 2.35. The quantitative estimate of drug-likeness (QED) is 0.651. The maximum Gasteiger partial charge on any atom is 0.293 e. The molecule has 0 saturated carbocycles. The molecular weight excluding hydrogens is 348 g/mol. The van der Waals surface area contributed by atoms with E-state index in [4.69, 9.17) is 5.73 Å². The number of carbonyl (C=O) groups excluding carboxylic acids is 1. The second-order valence-electron chi connectivity index (χ2n) is 7.11. The number of nitro groups is 1. The minimum atomic E-state index is -0.676. The largest absolute Gasteiger partial charge is 0.366 e. The molecule has 4 rings (SSSR count). The summed E-state index contributed by atoms with van der Waals surface area (Å²) < 4.78 is 2.19. The number of rotatable bonds is 4. The highest BCUT2D eigenvalue weighted by molar-refractivity contribution is 5.94. The Labute approximate surface area is 156 Å². The van der Waals surface area contributed by atoms with Gasteiger partial charge in [-0.05, 0) is 37.8 Å². The molecule has 27 heavy (non-hydrogen) atoms. The summed E-state index contributed by atoms with van der Waals surface area (Å²) >= 11 is 0. The van der Waals surface area contributed by atoms with Crippen molar-refractivity contribution in [2.45, 2.75) is 51.1 Å². The Morgan fingerprint density at radius 2 is 2.04 bits per heavy atom. The van der Waals surface area contributed by atoms with E-state index in [1.807, 2.05) is 4.90 Å². The van der Waals surface area contributed by atoms with Gasteiger partial charge < -0.3 is 15.2 Å². The van der Waals surface area contributed by atoms with E-state index < -0.39 is 10.8 Å². The zero-order chi connectivity index (χ0) is 19.0. The van der Waals surface area contributed by atoms with Gasteiger partial charge in [-0.25, -0.2) is 0 Å². The van der Waals surface area contributed by atoms with E-state index in [0.717, 1.165) is 50.3 Å². The van der Waals surface area contributed by atoms with Crippen LogP contribution in [0.4, 0.5) is 11.4 Å². The second-order valence-corrected chi connectivity index (χ2v) is 7.11. The number of carbonyl (C=O) groups is 1. The third kappa shape index (κ3) is 3.13. The van der Waals surface area contributed by atoms with Crippen LogP contribution in [-0.2, 0) is 13.0 Å². The fourth-order valence-corrected chi connectivity index (χ4v) is 4.14. The van der Waals surface area contributed by atoms with Gasteiger partial charge in [-0.1, -0.05) is 6.42 Å². The van der Waals surface area contributed by atoms with Gasteiger partial charge >= 0.3 is 0 Å². The molecule has 142 valence electrons. The molecule has 2 aromatic rings. The molecule has 1 saturated heterocycles. The van der Waals surface area contributed by atoms with Crippen LogP contribution < -0.4 is 10.6 Å². The minimum Gasteiger partial charge on any atom is -0.366 e. The number of amides is 1. The number of nitro benzene ring substituents is 1. The third-order valence-electron chi connectivity index (χ3n) is 5.46. The molecule has 0 aliphatic carbocycles. The fourth-order valence-electron chi connectivity index (χ4n) is 4.14. The smallest absolute Gasteiger partial charge is 0.293 e. The van der Waals surface area contributed by atoms with Crippen molar-refractivity contribution >= 4 is 17.3 Å². The Morgan fingerprint density at radius 3 is 2.81 bits per heavy atom. The molecule has 2 N–H and O–H groups in total. The van der Waals surface area contributed by atoms with Gasteiger partial charge in [-0.2, -0.15) is 0 Å². The molecule has 2 aliphatic rings. The predicted octanol–water partition coefficient (Wildman–Crippen LogP) is 2.35. The van der Waals surface area contributed by atoms with Gasteiger partial charge in [0.1, 0.15) is 11.5 Å². The summed E-state index contributed by atoms with van der Waals surface area (Å²) in [5, 5.41) is 20.4. The maximum atomic E-state index is 11.6. The summed E-state index contributed by atoms with van der Waals surface area (Å²) in [4.78, 5) is 24.6. The Morgan fingerprint density at radius 1 is 1.19 bits per heavy atom. The monoisotopic (exact) mass is 370 g/mol. The van der Waals surface area contributed by atoms with Gasteiger partial charge in [0.25, 0.3) is 5.69 Å². The van der Waals surface area contributed by atoms with Crippen molar-refractivity contribution in [1.29, 1.82) is 0 Å². The van der Waals surface area contributed by atoms with Gasteiger partial charge in [0, 0.05) is 31.1 Å². The Kier molecular flexibility index (Phi) is 4.51. The molecule has 1 unspecified atom stereocenters. The standard InChI is InChI=1S/C18H22N6O3/c19-17(25)12-7-8-13(15(11-12)24(26)27)22-10-4-5-14(22)18-21-20-16-6-2-1-3-9-23(16)18/h7-8,11,14H,1-6,9-10H2,(H2,19,25). The van der Waals surface area contributed by atoms with Gasteiger partial charge in [-0.3, -0.25) is 14.9 Å².